The van der Waals surface area contributed by atoms with E-state index in [4.69, 9.17) is 16.3 Å². The molecule has 0 aliphatic rings. The lowest BCUT2D eigenvalue weighted by Gasteiger charge is -2.16. The van der Waals surface area contributed by atoms with Gasteiger partial charge in [0, 0.05) is 9.85 Å². The number of alkyl halides is 1. The van der Waals surface area contributed by atoms with Gasteiger partial charge < -0.3 is 4.74 Å². The highest BCUT2D eigenvalue weighted by atomic mass is 79.9. The van der Waals surface area contributed by atoms with Gasteiger partial charge in [-0.1, -0.05) is 51.8 Å². The van der Waals surface area contributed by atoms with E-state index in [-0.39, 0.29) is 4.83 Å². The Kier molecular flexibility index (Phi) is 5.11. The first-order valence-electron chi connectivity index (χ1n) is 6.55. The molecule has 1 atom stereocenters. The van der Waals surface area contributed by atoms with Crippen molar-refractivity contribution in [2.45, 2.75) is 25.1 Å². The summed E-state index contributed by atoms with van der Waals surface area (Å²) in [5, 5.41) is 0.810. The van der Waals surface area contributed by atoms with Crippen molar-refractivity contribution in [2.24, 2.45) is 0 Å². The summed E-state index contributed by atoms with van der Waals surface area (Å²) in [7, 11) is 1.70. The molecule has 0 fully saturated rings. The first kappa shape index (κ1) is 15.4. The van der Waals surface area contributed by atoms with E-state index in [1.807, 2.05) is 24.3 Å². The Hall–Kier alpha value is -0.990. The van der Waals surface area contributed by atoms with Gasteiger partial charge in [0.1, 0.15) is 5.75 Å². The van der Waals surface area contributed by atoms with E-state index in [9.17, 15) is 0 Å². The van der Waals surface area contributed by atoms with E-state index in [1.165, 1.54) is 16.7 Å². The largest absolute Gasteiger partial charge is 0.496 e. The highest BCUT2D eigenvalue weighted by molar-refractivity contribution is 9.09. The summed E-state index contributed by atoms with van der Waals surface area (Å²) in [5.41, 5.74) is 4.77. The molecule has 2 aromatic carbocycles. The third-order valence-corrected chi connectivity index (χ3v) is 4.69. The van der Waals surface area contributed by atoms with Gasteiger partial charge >= 0.3 is 0 Å². The lowest BCUT2D eigenvalue weighted by molar-refractivity contribution is 0.409. The van der Waals surface area contributed by atoms with E-state index < -0.39 is 0 Å². The molecule has 106 valence electrons. The Morgan fingerprint density at radius 3 is 2.50 bits per heavy atom. The van der Waals surface area contributed by atoms with Crippen molar-refractivity contribution in [3.8, 4) is 5.75 Å². The van der Waals surface area contributed by atoms with E-state index in [0.29, 0.717) is 0 Å². The number of ether oxygens (including phenoxy) is 1. The van der Waals surface area contributed by atoms with Gasteiger partial charge in [0.2, 0.25) is 0 Å². The second kappa shape index (κ2) is 6.64. The highest BCUT2D eigenvalue weighted by Crippen LogP contribution is 2.35. The van der Waals surface area contributed by atoms with Crippen molar-refractivity contribution in [3.63, 3.8) is 0 Å². The zero-order chi connectivity index (χ0) is 14.7. The number of aryl methyl sites for hydroxylation is 2. The summed E-state index contributed by atoms with van der Waals surface area (Å²) in [6.07, 6.45) is 0.840. The van der Waals surface area contributed by atoms with Crippen LogP contribution < -0.4 is 4.74 Å². The smallest absolute Gasteiger partial charge is 0.122 e. The second-order valence-electron chi connectivity index (χ2n) is 4.94. The summed E-state index contributed by atoms with van der Waals surface area (Å²) in [5.74, 6) is 0.914. The van der Waals surface area contributed by atoms with Crippen LogP contribution in [0.4, 0.5) is 0 Å². The third-order valence-electron chi connectivity index (χ3n) is 3.54. The van der Waals surface area contributed by atoms with Crippen LogP contribution in [-0.2, 0) is 6.42 Å². The number of benzene rings is 2. The van der Waals surface area contributed by atoms with E-state index in [1.54, 1.807) is 7.11 Å². The molecule has 2 aromatic rings. The maximum absolute atomic E-state index is 6.38. The number of methoxy groups -OCH3 is 1. The molecule has 0 saturated heterocycles. The van der Waals surface area contributed by atoms with Crippen molar-refractivity contribution in [1.82, 2.24) is 0 Å². The zero-order valence-corrected chi connectivity index (χ0v) is 14.3. The Bertz CT molecular complexity index is 610. The van der Waals surface area contributed by atoms with Crippen LogP contribution in [0.2, 0.25) is 5.02 Å². The molecule has 2 rings (SSSR count). The average Bonchev–Trinajstić information content (AvgIpc) is 2.43. The standard InChI is InChI=1S/C17H18BrClO/c1-11-8-14(16(19)9-12(11)2)15(18)10-13-6-4-5-7-17(13)20-3/h4-9,15H,10H2,1-3H3. The number of hydrogen-bond acceptors (Lipinski definition) is 1. The maximum Gasteiger partial charge on any atom is 0.122 e. The van der Waals surface area contributed by atoms with Gasteiger partial charge in [-0.3, -0.25) is 0 Å². The second-order valence-corrected chi connectivity index (χ2v) is 6.45. The number of rotatable bonds is 4. The molecule has 0 amide bonds. The molecule has 20 heavy (non-hydrogen) atoms. The fraction of sp³-hybridized carbons (Fsp3) is 0.294. The highest BCUT2D eigenvalue weighted by Gasteiger charge is 2.15. The fourth-order valence-electron chi connectivity index (χ4n) is 2.22. The molecule has 3 heteroatoms. The predicted octanol–water partition coefficient (Wildman–Crippen LogP) is 5.64. The van der Waals surface area contributed by atoms with Crippen molar-refractivity contribution in [2.75, 3.05) is 7.11 Å². The molecular formula is C17H18BrClO. The van der Waals surface area contributed by atoms with Crippen molar-refractivity contribution in [3.05, 3.63) is 63.7 Å². The van der Waals surface area contributed by atoms with Crippen LogP contribution in [0.1, 0.15) is 27.1 Å². The molecular weight excluding hydrogens is 336 g/mol. The summed E-state index contributed by atoms with van der Waals surface area (Å²) < 4.78 is 5.40. The SMILES string of the molecule is COc1ccccc1CC(Br)c1cc(C)c(C)cc1Cl. The topological polar surface area (TPSA) is 9.23 Å². The van der Waals surface area contributed by atoms with Gasteiger partial charge in [-0.15, -0.1) is 0 Å². The number of halogens is 2. The number of para-hydroxylation sites is 1. The Morgan fingerprint density at radius 1 is 1.15 bits per heavy atom. The molecule has 1 unspecified atom stereocenters. The van der Waals surface area contributed by atoms with Crippen molar-refractivity contribution in [1.29, 1.82) is 0 Å². The lowest BCUT2D eigenvalue weighted by Crippen LogP contribution is -2.00. The minimum atomic E-state index is 0.172. The van der Waals surface area contributed by atoms with Crippen LogP contribution in [0.15, 0.2) is 36.4 Å². The molecule has 1 nitrogen and oxygen atoms in total. The normalized spacial score (nSPS) is 12.2. The van der Waals surface area contributed by atoms with Crippen LogP contribution in [0.25, 0.3) is 0 Å². The van der Waals surface area contributed by atoms with Crippen LogP contribution in [0.3, 0.4) is 0 Å². The molecule has 0 N–H and O–H groups in total. The Balaban J connectivity index is 2.28. The van der Waals surface area contributed by atoms with Gasteiger partial charge in [-0.2, -0.15) is 0 Å². The molecule has 0 radical (unpaired) electrons. The summed E-state index contributed by atoms with van der Waals surface area (Å²) in [6.45, 7) is 4.19. The van der Waals surface area contributed by atoms with E-state index in [2.05, 4.69) is 41.9 Å². The number of hydrogen-bond donors (Lipinski definition) is 0. The van der Waals surface area contributed by atoms with Crippen LogP contribution in [0, 0.1) is 13.8 Å². The molecule has 0 aromatic heterocycles. The Labute approximate surface area is 134 Å². The van der Waals surface area contributed by atoms with Crippen LogP contribution in [-0.4, -0.2) is 7.11 Å². The van der Waals surface area contributed by atoms with Gasteiger partial charge in [-0.05, 0) is 54.7 Å². The fourth-order valence-corrected chi connectivity index (χ4v) is 3.43. The van der Waals surface area contributed by atoms with Crippen molar-refractivity contribution >= 4 is 27.5 Å². The van der Waals surface area contributed by atoms with Crippen molar-refractivity contribution < 1.29 is 4.74 Å². The monoisotopic (exact) mass is 352 g/mol. The predicted molar refractivity (Wildman–Crippen MR) is 89.3 cm³/mol. The molecule has 0 saturated carbocycles. The Morgan fingerprint density at radius 2 is 1.80 bits per heavy atom. The quantitative estimate of drug-likeness (QED) is 0.646. The molecule has 0 heterocycles. The minimum Gasteiger partial charge on any atom is -0.496 e. The summed E-state index contributed by atoms with van der Waals surface area (Å²) in [4.78, 5) is 0.172. The minimum absolute atomic E-state index is 0.172. The van der Waals surface area contributed by atoms with Gasteiger partial charge in [0.15, 0.2) is 0 Å². The first-order chi connectivity index (χ1) is 9.52. The average molecular weight is 354 g/mol. The molecule has 0 aliphatic carbocycles. The third kappa shape index (κ3) is 3.36. The lowest BCUT2D eigenvalue weighted by atomic mass is 10.00. The van der Waals surface area contributed by atoms with E-state index in [0.717, 1.165) is 22.8 Å². The molecule has 0 spiro atoms. The van der Waals surface area contributed by atoms with Crippen LogP contribution in [0.5, 0.6) is 5.75 Å². The molecule has 0 bridgehead atoms. The summed E-state index contributed by atoms with van der Waals surface area (Å²) >= 11 is 10.1. The van der Waals surface area contributed by atoms with Gasteiger partial charge in [0.05, 0.1) is 7.11 Å². The summed E-state index contributed by atoms with van der Waals surface area (Å²) in [6, 6.07) is 12.3. The zero-order valence-electron chi connectivity index (χ0n) is 11.9. The van der Waals surface area contributed by atoms with Gasteiger partial charge in [0.25, 0.3) is 0 Å². The van der Waals surface area contributed by atoms with E-state index >= 15 is 0 Å². The van der Waals surface area contributed by atoms with Crippen LogP contribution >= 0.6 is 27.5 Å². The van der Waals surface area contributed by atoms with Gasteiger partial charge in [-0.25, -0.2) is 0 Å². The first-order valence-corrected chi connectivity index (χ1v) is 7.85. The molecule has 0 aliphatic heterocycles. The maximum atomic E-state index is 6.38.